The highest BCUT2D eigenvalue weighted by Crippen LogP contribution is 2.63. The van der Waals surface area contributed by atoms with E-state index in [9.17, 15) is 10.1 Å². The summed E-state index contributed by atoms with van der Waals surface area (Å²) in [5.74, 6) is 1.54. The number of pyridine rings is 1. The van der Waals surface area contributed by atoms with Gasteiger partial charge in [-0.2, -0.15) is 5.26 Å². The predicted octanol–water partition coefficient (Wildman–Crippen LogP) is 3.10. The topological polar surface area (TPSA) is 90.3 Å². The molecule has 6 nitrogen and oxygen atoms in total. The van der Waals surface area contributed by atoms with Crippen molar-refractivity contribution < 1.29 is 0 Å². The molecule has 4 bridgehead atoms. The molecule has 2 unspecified atom stereocenters. The second kappa shape index (κ2) is 4.34. The largest absolute Gasteiger partial charge is 0.346 e. The predicted molar refractivity (Wildman–Crippen MR) is 92.8 cm³/mol. The summed E-state index contributed by atoms with van der Waals surface area (Å²) in [7, 11) is 0. The van der Waals surface area contributed by atoms with Crippen LogP contribution in [0.25, 0.3) is 22.1 Å². The third-order valence-corrected chi connectivity index (χ3v) is 7.02. The Morgan fingerprint density at radius 3 is 2.84 bits per heavy atom. The zero-order chi connectivity index (χ0) is 16.8. The monoisotopic (exact) mass is 333 g/mol. The second-order valence-corrected chi connectivity index (χ2v) is 8.41. The molecule has 0 spiro atoms. The maximum Gasteiger partial charge on any atom is 0.326 e. The minimum absolute atomic E-state index is 0.0334. The third kappa shape index (κ3) is 1.63. The first-order chi connectivity index (χ1) is 12.2. The molecular formula is C19H19N5O. The van der Waals surface area contributed by atoms with Crippen LogP contribution in [0.5, 0.6) is 0 Å². The summed E-state index contributed by atoms with van der Waals surface area (Å²) < 4.78 is 2.01. The number of hydrogen-bond donors (Lipinski definition) is 2. The first kappa shape index (κ1) is 13.7. The summed E-state index contributed by atoms with van der Waals surface area (Å²) in [5.41, 5.74) is 2.43. The van der Waals surface area contributed by atoms with Crippen molar-refractivity contribution in [1.82, 2.24) is 19.5 Å². The molecule has 25 heavy (non-hydrogen) atoms. The second-order valence-electron chi connectivity index (χ2n) is 8.41. The van der Waals surface area contributed by atoms with Crippen molar-refractivity contribution in [2.75, 3.05) is 0 Å². The number of nitrogens with one attached hydrogen (secondary N) is 2. The van der Waals surface area contributed by atoms with Crippen molar-refractivity contribution in [2.45, 2.75) is 38.1 Å². The molecule has 2 atom stereocenters. The first-order valence-corrected chi connectivity index (χ1v) is 9.15. The minimum atomic E-state index is -0.131. The highest BCUT2D eigenvalue weighted by Gasteiger charge is 2.56. The Hall–Kier alpha value is -2.55. The van der Waals surface area contributed by atoms with Gasteiger partial charge in [0.2, 0.25) is 0 Å². The Balaban J connectivity index is 1.59. The average molecular weight is 333 g/mol. The molecule has 0 saturated heterocycles. The van der Waals surface area contributed by atoms with Gasteiger partial charge in [-0.1, -0.05) is 0 Å². The van der Waals surface area contributed by atoms with Crippen molar-refractivity contribution in [2.24, 2.45) is 23.2 Å². The fraction of sp³-hybridized carbons (Fsp3) is 0.526. The quantitative estimate of drug-likeness (QED) is 0.717. The van der Waals surface area contributed by atoms with E-state index in [1.54, 1.807) is 6.20 Å². The van der Waals surface area contributed by atoms with E-state index in [-0.39, 0.29) is 17.1 Å². The smallest absolute Gasteiger partial charge is 0.326 e. The van der Waals surface area contributed by atoms with Crippen LogP contribution in [0, 0.1) is 34.5 Å². The van der Waals surface area contributed by atoms with E-state index >= 15 is 0 Å². The van der Waals surface area contributed by atoms with Gasteiger partial charge in [-0.25, -0.2) is 9.78 Å². The molecule has 0 aromatic carbocycles. The van der Waals surface area contributed by atoms with Crippen LogP contribution in [0.1, 0.15) is 38.1 Å². The maximum atomic E-state index is 12.9. The molecule has 6 heteroatoms. The van der Waals surface area contributed by atoms with Gasteiger partial charge in [-0.3, -0.25) is 4.57 Å². The molecule has 4 aliphatic carbocycles. The fourth-order valence-corrected chi connectivity index (χ4v) is 6.46. The van der Waals surface area contributed by atoms with Gasteiger partial charge in [-0.05, 0) is 55.9 Å². The van der Waals surface area contributed by atoms with E-state index in [1.165, 1.54) is 0 Å². The fourth-order valence-electron chi connectivity index (χ4n) is 6.46. The van der Waals surface area contributed by atoms with E-state index in [1.807, 2.05) is 16.8 Å². The summed E-state index contributed by atoms with van der Waals surface area (Å²) in [4.78, 5) is 23.4. The number of H-pyrrole nitrogens is 2. The van der Waals surface area contributed by atoms with E-state index in [0.717, 1.165) is 54.2 Å². The van der Waals surface area contributed by atoms with Crippen LogP contribution in [0.2, 0.25) is 0 Å². The number of rotatable bonds is 1. The van der Waals surface area contributed by atoms with Gasteiger partial charge in [0.25, 0.3) is 0 Å². The van der Waals surface area contributed by atoms with Crippen molar-refractivity contribution >= 4 is 22.1 Å². The molecule has 7 rings (SSSR count). The zero-order valence-electron chi connectivity index (χ0n) is 13.8. The number of aromatic nitrogens is 4. The molecule has 3 aromatic rings. The normalized spacial score (nSPS) is 36.3. The van der Waals surface area contributed by atoms with Crippen molar-refractivity contribution in [3.05, 3.63) is 28.9 Å². The van der Waals surface area contributed by atoms with Gasteiger partial charge < -0.3 is 9.97 Å². The van der Waals surface area contributed by atoms with E-state index in [2.05, 4.69) is 21.0 Å². The lowest BCUT2D eigenvalue weighted by atomic mass is 9.48. The summed E-state index contributed by atoms with van der Waals surface area (Å²) >= 11 is 0. The molecule has 0 amide bonds. The van der Waals surface area contributed by atoms with Gasteiger partial charge in [0.05, 0.1) is 28.7 Å². The maximum absolute atomic E-state index is 12.9. The van der Waals surface area contributed by atoms with E-state index < -0.39 is 0 Å². The van der Waals surface area contributed by atoms with Crippen molar-refractivity contribution in [3.8, 4) is 6.07 Å². The number of imidazole rings is 1. The van der Waals surface area contributed by atoms with Crippen LogP contribution in [-0.4, -0.2) is 19.5 Å². The lowest BCUT2D eigenvalue weighted by molar-refractivity contribution is -0.0609. The van der Waals surface area contributed by atoms with Crippen molar-refractivity contribution in [1.29, 1.82) is 5.26 Å². The summed E-state index contributed by atoms with van der Waals surface area (Å²) in [6.07, 6.45) is 8.90. The Labute approximate surface area is 143 Å². The zero-order valence-corrected chi connectivity index (χ0v) is 13.8. The van der Waals surface area contributed by atoms with E-state index in [0.29, 0.717) is 17.8 Å². The molecule has 126 valence electrons. The van der Waals surface area contributed by atoms with Crippen LogP contribution >= 0.6 is 0 Å². The standard InChI is InChI=1S/C19H19N5O/c20-9-19-5-10-3-11(6-19)15(12(4-10)7-19)24-16-13-1-2-21-17(13)22-8-14(16)23-18(24)25/h1-2,8,10-12,15H,3-7H2,(H,21,22)(H,23,25). The van der Waals surface area contributed by atoms with Crippen LogP contribution in [-0.2, 0) is 0 Å². The Kier molecular flexibility index (Phi) is 2.38. The number of fused-ring (bicyclic) bond motifs is 3. The van der Waals surface area contributed by atoms with Gasteiger partial charge >= 0.3 is 5.69 Å². The molecule has 4 aliphatic rings. The molecule has 3 heterocycles. The number of aromatic amines is 2. The Bertz CT molecular complexity index is 1100. The summed E-state index contributed by atoms with van der Waals surface area (Å²) in [5, 5.41) is 10.8. The van der Waals surface area contributed by atoms with Crippen LogP contribution in [0.4, 0.5) is 0 Å². The summed E-state index contributed by atoms with van der Waals surface area (Å²) in [6, 6.07) is 4.85. The van der Waals surface area contributed by atoms with Crippen LogP contribution in [0.3, 0.4) is 0 Å². The molecule has 4 fully saturated rings. The Morgan fingerprint density at radius 1 is 1.28 bits per heavy atom. The molecule has 3 aromatic heterocycles. The SMILES string of the molecule is N#CC12CC3CC(C1)C(n1c(=O)[nH]c4cnc5[nH]ccc5c41)C(C3)C2. The number of nitriles is 1. The molecular weight excluding hydrogens is 314 g/mol. The van der Waals surface area contributed by atoms with Crippen LogP contribution in [0.15, 0.2) is 23.3 Å². The average Bonchev–Trinajstić information content (AvgIpc) is 3.18. The molecule has 2 N–H and O–H groups in total. The van der Waals surface area contributed by atoms with Gasteiger partial charge in [-0.15, -0.1) is 0 Å². The van der Waals surface area contributed by atoms with Gasteiger partial charge in [0, 0.05) is 17.6 Å². The molecule has 0 aliphatic heterocycles. The highest BCUT2D eigenvalue weighted by atomic mass is 16.1. The summed E-state index contributed by atoms with van der Waals surface area (Å²) in [6.45, 7) is 0. The van der Waals surface area contributed by atoms with E-state index in [4.69, 9.17) is 0 Å². The van der Waals surface area contributed by atoms with Gasteiger partial charge in [0.15, 0.2) is 0 Å². The number of nitrogens with zero attached hydrogens (tertiary/aromatic N) is 3. The third-order valence-electron chi connectivity index (χ3n) is 7.02. The van der Waals surface area contributed by atoms with Crippen LogP contribution < -0.4 is 5.69 Å². The highest BCUT2D eigenvalue weighted by molar-refractivity contribution is 6.00. The molecule has 4 saturated carbocycles. The Morgan fingerprint density at radius 2 is 2.08 bits per heavy atom. The first-order valence-electron chi connectivity index (χ1n) is 9.15. The van der Waals surface area contributed by atoms with Crippen molar-refractivity contribution in [3.63, 3.8) is 0 Å². The lowest BCUT2D eigenvalue weighted by Crippen LogP contribution is -2.52. The van der Waals surface area contributed by atoms with Gasteiger partial charge in [0.1, 0.15) is 5.65 Å². The molecule has 0 radical (unpaired) electrons. The lowest BCUT2D eigenvalue weighted by Gasteiger charge is -2.57. The minimum Gasteiger partial charge on any atom is -0.346 e. The number of hydrogen-bond acceptors (Lipinski definition) is 3.